The maximum absolute atomic E-state index is 5.06. The molecule has 2 nitrogen and oxygen atoms in total. The molecule has 0 bridgehead atoms. The normalized spacial score (nSPS) is 16.9. The number of allylic oxidation sites excluding steroid dienone is 3. The Morgan fingerprint density at radius 2 is 2.45 bits per heavy atom. The van der Waals surface area contributed by atoms with Crippen LogP contribution in [0.2, 0.25) is 0 Å². The van der Waals surface area contributed by atoms with Gasteiger partial charge in [0.25, 0.3) is 0 Å². The van der Waals surface area contributed by atoms with Crippen molar-refractivity contribution in [2.45, 2.75) is 19.8 Å². The summed E-state index contributed by atoms with van der Waals surface area (Å²) in [5.41, 5.74) is 1.08. The van der Waals surface area contributed by atoms with Gasteiger partial charge in [-0.3, -0.25) is 0 Å². The highest BCUT2D eigenvalue weighted by molar-refractivity contribution is 5.79. The van der Waals surface area contributed by atoms with E-state index in [1.807, 2.05) is 18.2 Å². The second-order valence-corrected chi connectivity index (χ2v) is 2.35. The van der Waals surface area contributed by atoms with Crippen LogP contribution in [0.4, 0.5) is 0 Å². The van der Waals surface area contributed by atoms with E-state index < -0.39 is 0 Å². The third kappa shape index (κ3) is 2.22. The predicted molar refractivity (Wildman–Crippen MR) is 46.6 cm³/mol. The van der Waals surface area contributed by atoms with Crippen LogP contribution in [0.25, 0.3) is 0 Å². The van der Waals surface area contributed by atoms with Gasteiger partial charge in [-0.2, -0.15) is 0 Å². The highest BCUT2D eigenvalue weighted by Crippen LogP contribution is 2.08. The Kier molecular flexibility index (Phi) is 2.90. The Bertz CT molecular complexity index is 214. The molecule has 1 heterocycles. The second kappa shape index (κ2) is 3.96. The number of hydrogen-bond donors (Lipinski definition) is 0. The van der Waals surface area contributed by atoms with Crippen LogP contribution in [-0.2, 0) is 4.74 Å². The molecule has 0 saturated heterocycles. The molecule has 0 spiro atoms. The molecule has 0 aromatic heterocycles. The number of aliphatic imine (C=N–C) groups is 1. The smallest absolute Gasteiger partial charge is 0.191 e. The first kappa shape index (κ1) is 8.05. The molecule has 0 fully saturated rings. The lowest BCUT2D eigenvalue weighted by Crippen LogP contribution is -1.98. The van der Waals surface area contributed by atoms with E-state index in [0.717, 1.165) is 24.4 Å². The van der Waals surface area contributed by atoms with E-state index >= 15 is 0 Å². The molecule has 0 aromatic carbocycles. The molecule has 0 amide bonds. The van der Waals surface area contributed by atoms with Gasteiger partial charge in [0.15, 0.2) is 5.90 Å². The Balaban J connectivity index is 2.77. The van der Waals surface area contributed by atoms with Crippen LogP contribution < -0.4 is 0 Å². The fraction of sp³-hybridized carbons (Fsp3) is 0.444. The van der Waals surface area contributed by atoms with E-state index in [2.05, 4.69) is 11.9 Å². The van der Waals surface area contributed by atoms with Crippen LogP contribution in [0.15, 0.2) is 28.9 Å². The Hall–Kier alpha value is -1.05. The zero-order chi connectivity index (χ0) is 8.10. The first-order chi connectivity index (χ1) is 5.36. The summed E-state index contributed by atoms with van der Waals surface area (Å²) < 4.78 is 5.06. The second-order valence-electron chi connectivity index (χ2n) is 2.35. The van der Waals surface area contributed by atoms with Gasteiger partial charge in [0, 0.05) is 12.1 Å². The van der Waals surface area contributed by atoms with Gasteiger partial charge in [-0.15, -0.1) is 0 Å². The molecule has 1 aliphatic rings. The monoisotopic (exact) mass is 151 g/mol. The third-order valence-electron chi connectivity index (χ3n) is 1.58. The van der Waals surface area contributed by atoms with Crippen molar-refractivity contribution in [1.29, 1.82) is 0 Å². The van der Waals surface area contributed by atoms with E-state index in [0.29, 0.717) is 0 Å². The van der Waals surface area contributed by atoms with Crippen molar-refractivity contribution >= 4 is 5.90 Å². The molecule has 0 aliphatic carbocycles. The lowest BCUT2D eigenvalue weighted by Gasteiger charge is -2.00. The van der Waals surface area contributed by atoms with E-state index in [9.17, 15) is 0 Å². The summed E-state index contributed by atoms with van der Waals surface area (Å²) in [6.45, 7) is 2.09. The first-order valence-corrected chi connectivity index (χ1v) is 3.84. The van der Waals surface area contributed by atoms with Crippen molar-refractivity contribution in [1.82, 2.24) is 0 Å². The van der Waals surface area contributed by atoms with Crippen molar-refractivity contribution in [2.75, 3.05) is 7.11 Å². The lowest BCUT2D eigenvalue weighted by molar-refractivity contribution is 0.394. The number of hydrogen-bond acceptors (Lipinski definition) is 2. The maximum Gasteiger partial charge on any atom is 0.191 e. The standard InChI is InChI=1S/C9H13NO/c1-3-8-6-4-5-7-9(10-8)11-2/h4-6H,3,7H2,1-2H3. The zero-order valence-corrected chi connectivity index (χ0v) is 7.00. The summed E-state index contributed by atoms with van der Waals surface area (Å²) in [7, 11) is 1.66. The van der Waals surface area contributed by atoms with Gasteiger partial charge in [-0.25, -0.2) is 4.99 Å². The van der Waals surface area contributed by atoms with Gasteiger partial charge >= 0.3 is 0 Å². The third-order valence-corrected chi connectivity index (χ3v) is 1.58. The van der Waals surface area contributed by atoms with Crippen molar-refractivity contribution < 1.29 is 4.74 Å². The largest absolute Gasteiger partial charge is 0.484 e. The van der Waals surface area contributed by atoms with E-state index in [1.165, 1.54) is 0 Å². The number of methoxy groups -OCH3 is 1. The highest BCUT2D eigenvalue weighted by Gasteiger charge is 1.99. The van der Waals surface area contributed by atoms with Crippen LogP contribution in [0.5, 0.6) is 0 Å². The molecule has 0 aromatic rings. The van der Waals surface area contributed by atoms with Gasteiger partial charge in [0.2, 0.25) is 0 Å². The molecule has 1 aliphatic heterocycles. The van der Waals surface area contributed by atoms with Crippen LogP contribution in [-0.4, -0.2) is 13.0 Å². The maximum atomic E-state index is 5.06. The number of nitrogens with zero attached hydrogens (tertiary/aromatic N) is 1. The first-order valence-electron chi connectivity index (χ1n) is 3.84. The molecule has 0 unspecified atom stereocenters. The average molecular weight is 151 g/mol. The fourth-order valence-corrected chi connectivity index (χ4v) is 0.917. The molecule has 0 N–H and O–H groups in total. The summed E-state index contributed by atoms with van der Waals surface area (Å²) in [6, 6.07) is 0. The average Bonchev–Trinajstić information content (AvgIpc) is 2.28. The van der Waals surface area contributed by atoms with Gasteiger partial charge < -0.3 is 4.74 Å². The van der Waals surface area contributed by atoms with Crippen molar-refractivity contribution in [3.05, 3.63) is 23.9 Å². The molecule has 11 heavy (non-hydrogen) atoms. The van der Waals surface area contributed by atoms with E-state index in [-0.39, 0.29) is 0 Å². The molecular weight excluding hydrogens is 138 g/mol. The molecule has 0 radical (unpaired) electrons. The Morgan fingerprint density at radius 1 is 1.64 bits per heavy atom. The fourth-order valence-electron chi connectivity index (χ4n) is 0.917. The summed E-state index contributed by atoms with van der Waals surface area (Å²) in [5.74, 6) is 0.798. The van der Waals surface area contributed by atoms with Crippen LogP contribution in [0.3, 0.4) is 0 Å². The van der Waals surface area contributed by atoms with Gasteiger partial charge in [0.05, 0.1) is 7.11 Å². The van der Waals surface area contributed by atoms with Crippen LogP contribution >= 0.6 is 0 Å². The predicted octanol–water partition coefficient (Wildman–Crippen LogP) is 2.29. The van der Waals surface area contributed by atoms with E-state index in [4.69, 9.17) is 4.74 Å². The van der Waals surface area contributed by atoms with Gasteiger partial charge in [0.1, 0.15) is 0 Å². The Morgan fingerprint density at radius 3 is 3.09 bits per heavy atom. The van der Waals surface area contributed by atoms with Crippen molar-refractivity contribution in [3.8, 4) is 0 Å². The van der Waals surface area contributed by atoms with Gasteiger partial charge in [-0.1, -0.05) is 19.1 Å². The summed E-state index contributed by atoms with van der Waals surface area (Å²) in [5, 5.41) is 0. The summed E-state index contributed by atoms with van der Waals surface area (Å²) in [6.07, 6.45) is 7.85. The Labute approximate surface area is 67.3 Å². The van der Waals surface area contributed by atoms with E-state index in [1.54, 1.807) is 7.11 Å². The highest BCUT2D eigenvalue weighted by atomic mass is 16.5. The molecule has 2 heteroatoms. The quantitative estimate of drug-likeness (QED) is 0.563. The minimum atomic E-state index is 0.798. The molecule has 60 valence electrons. The summed E-state index contributed by atoms with van der Waals surface area (Å²) in [4.78, 5) is 4.31. The lowest BCUT2D eigenvalue weighted by atomic mass is 10.3. The molecule has 0 atom stereocenters. The van der Waals surface area contributed by atoms with Crippen molar-refractivity contribution in [2.24, 2.45) is 4.99 Å². The topological polar surface area (TPSA) is 21.6 Å². The minimum Gasteiger partial charge on any atom is -0.484 e. The number of rotatable bonds is 1. The molecule has 1 rings (SSSR count). The molecule has 0 saturated carbocycles. The van der Waals surface area contributed by atoms with Crippen LogP contribution in [0, 0.1) is 0 Å². The zero-order valence-electron chi connectivity index (χ0n) is 7.00. The SMILES string of the molecule is CCC1=CC=CCC(OC)=N1. The minimum absolute atomic E-state index is 0.798. The number of ether oxygens (including phenoxy) is 1. The molecular formula is C9H13NO. The van der Waals surface area contributed by atoms with Crippen molar-refractivity contribution in [3.63, 3.8) is 0 Å². The summed E-state index contributed by atoms with van der Waals surface area (Å²) >= 11 is 0. The van der Waals surface area contributed by atoms with Crippen LogP contribution in [0.1, 0.15) is 19.8 Å². The van der Waals surface area contributed by atoms with Gasteiger partial charge in [-0.05, 0) is 12.5 Å².